The highest BCUT2D eigenvalue weighted by Gasteiger charge is 2.24. The minimum Gasteiger partial charge on any atom is -0.371 e. The van der Waals surface area contributed by atoms with Crippen LogP contribution in [0.15, 0.2) is 53.4 Å². The Bertz CT molecular complexity index is 1050. The highest BCUT2D eigenvalue weighted by Crippen LogP contribution is 2.31. The molecule has 0 atom stereocenters. The molecule has 2 heterocycles. The molecule has 4 rings (SSSR count). The van der Waals surface area contributed by atoms with Crippen molar-refractivity contribution in [2.24, 2.45) is 0 Å². The average Bonchev–Trinajstić information content (AvgIpc) is 3.06. The second-order valence-electron chi connectivity index (χ2n) is 7.22. The quantitative estimate of drug-likeness (QED) is 0.687. The summed E-state index contributed by atoms with van der Waals surface area (Å²) in [5.41, 5.74) is 3.39. The normalized spacial score (nSPS) is 16.1. The lowest BCUT2D eigenvalue weighted by atomic mass is 10.0. The zero-order chi connectivity index (χ0) is 19.0. The first-order valence-corrected chi connectivity index (χ1v) is 11.4. The van der Waals surface area contributed by atoms with Gasteiger partial charge in [0.05, 0.1) is 15.9 Å². The number of nitrogens with zero attached hydrogens (tertiary/aromatic N) is 3. The van der Waals surface area contributed by atoms with Crippen molar-refractivity contribution in [1.82, 2.24) is 9.55 Å². The number of aryl methyl sites for hydroxylation is 1. The minimum absolute atomic E-state index is 0.374. The molecule has 0 aliphatic carbocycles. The second kappa shape index (κ2) is 7.00. The summed E-state index contributed by atoms with van der Waals surface area (Å²) in [6.45, 7) is 4.08. The molecule has 0 N–H and O–H groups in total. The Hall–Kier alpha value is -2.34. The maximum atomic E-state index is 11.6. The van der Waals surface area contributed by atoms with Crippen LogP contribution in [0.25, 0.3) is 11.0 Å². The Balaban J connectivity index is 1.53. The van der Waals surface area contributed by atoms with Crippen molar-refractivity contribution in [2.45, 2.75) is 37.1 Å². The number of imidazole rings is 1. The number of piperidine rings is 1. The van der Waals surface area contributed by atoms with Gasteiger partial charge >= 0.3 is 0 Å². The van der Waals surface area contributed by atoms with Crippen molar-refractivity contribution in [1.29, 1.82) is 0 Å². The van der Waals surface area contributed by atoms with Gasteiger partial charge in [0.15, 0.2) is 9.84 Å². The van der Waals surface area contributed by atoms with Gasteiger partial charge in [-0.3, -0.25) is 0 Å². The molecule has 6 heteroatoms. The summed E-state index contributed by atoms with van der Waals surface area (Å²) in [5, 5.41) is 0. The average molecular weight is 384 g/mol. The van der Waals surface area contributed by atoms with Gasteiger partial charge in [-0.25, -0.2) is 13.4 Å². The first kappa shape index (κ1) is 18.0. The lowest BCUT2D eigenvalue weighted by Gasteiger charge is -2.35. The first-order chi connectivity index (χ1) is 13.0. The molecule has 1 aliphatic rings. The van der Waals surface area contributed by atoms with Crippen molar-refractivity contribution in [3.8, 4) is 0 Å². The standard InChI is InChI=1S/C21H25N3O2S/c1-3-21-22-19-6-4-5-7-20(19)24(21)17-12-14-23(15-13-17)16-8-10-18(11-9-16)27(2,25)26/h4-11,17H,3,12-15H2,1-2H3. The van der Waals surface area contributed by atoms with E-state index in [1.54, 1.807) is 12.1 Å². The van der Waals surface area contributed by atoms with Gasteiger partial charge in [-0.15, -0.1) is 0 Å². The molecule has 0 saturated carbocycles. The van der Waals surface area contributed by atoms with Crippen LogP contribution in [0.1, 0.15) is 31.6 Å². The van der Waals surface area contributed by atoms with Crippen LogP contribution in [-0.4, -0.2) is 37.3 Å². The number of fused-ring (bicyclic) bond motifs is 1. The van der Waals surface area contributed by atoms with Crippen molar-refractivity contribution >= 4 is 26.6 Å². The molecule has 27 heavy (non-hydrogen) atoms. The summed E-state index contributed by atoms with van der Waals surface area (Å²) in [5.74, 6) is 1.16. The van der Waals surface area contributed by atoms with Crippen LogP contribution in [0.4, 0.5) is 5.69 Å². The van der Waals surface area contributed by atoms with Gasteiger partial charge in [0.2, 0.25) is 0 Å². The molecule has 1 fully saturated rings. The minimum atomic E-state index is -3.15. The molecule has 3 aromatic rings. The van der Waals surface area contributed by atoms with Crippen LogP contribution in [0.2, 0.25) is 0 Å². The fraction of sp³-hybridized carbons (Fsp3) is 0.381. The molecule has 0 amide bonds. The predicted molar refractivity (Wildman–Crippen MR) is 109 cm³/mol. The highest BCUT2D eigenvalue weighted by molar-refractivity contribution is 7.90. The number of anilines is 1. The van der Waals surface area contributed by atoms with E-state index in [1.807, 2.05) is 18.2 Å². The van der Waals surface area contributed by atoms with Crippen LogP contribution in [0.5, 0.6) is 0 Å². The van der Waals surface area contributed by atoms with E-state index in [9.17, 15) is 8.42 Å². The molecular formula is C21H25N3O2S. The van der Waals surface area contributed by atoms with Crippen molar-refractivity contribution < 1.29 is 8.42 Å². The SMILES string of the molecule is CCc1nc2ccccc2n1C1CCN(c2ccc(S(C)(=O)=O)cc2)CC1. The van der Waals surface area contributed by atoms with Gasteiger partial charge < -0.3 is 9.47 Å². The molecule has 1 saturated heterocycles. The summed E-state index contributed by atoms with van der Waals surface area (Å²) in [4.78, 5) is 7.52. The van der Waals surface area contributed by atoms with E-state index >= 15 is 0 Å². The third-order valence-corrected chi connectivity index (χ3v) is 6.57. The Morgan fingerprint density at radius 2 is 1.70 bits per heavy atom. The van der Waals surface area contributed by atoms with E-state index in [0.717, 1.165) is 49.4 Å². The van der Waals surface area contributed by atoms with Crippen molar-refractivity contribution in [3.05, 3.63) is 54.4 Å². The van der Waals surface area contributed by atoms with E-state index in [1.165, 1.54) is 11.8 Å². The smallest absolute Gasteiger partial charge is 0.175 e. The van der Waals surface area contributed by atoms with Crippen LogP contribution in [0, 0.1) is 0 Å². The van der Waals surface area contributed by atoms with Crippen LogP contribution in [-0.2, 0) is 16.3 Å². The van der Waals surface area contributed by atoms with E-state index in [0.29, 0.717) is 10.9 Å². The van der Waals surface area contributed by atoms with Gasteiger partial charge in [-0.05, 0) is 49.2 Å². The zero-order valence-electron chi connectivity index (χ0n) is 15.8. The molecule has 1 aliphatic heterocycles. The summed E-state index contributed by atoms with van der Waals surface area (Å²) >= 11 is 0. The maximum Gasteiger partial charge on any atom is 0.175 e. The third-order valence-electron chi connectivity index (χ3n) is 5.44. The second-order valence-corrected chi connectivity index (χ2v) is 9.24. The van der Waals surface area contributed by atoms with Crippen LogP contribution >= 0.6 is 0 Å². The third kappa shape index (κ3) is 3.46. The first-order valence-electron chi connectivity index (χ1n) is 9.48. The number of aromatic nitrogens is 2. The van der Waals surface area contributed by atoms with Gasteiger partial charge in [0, 0.05) is 37.5 Å². The van der Waals surface area contributed by atoms with E-state index in [-0.39, 0.29) is 0 Å². The number of benzene rings is 2. The number of hydrogen-bond acceptors (Lipinski definition) is 4. The topological polar surface area (TPSA) is 55.2 Å². The molecule has 142 valence electrons. The monoisotopic (exact) mass is 383 g/mol. The molecule has 1 aromatic heterocycles. The molecule has 0 bridgehead atoms. The Kier molecular flexibility index (Phi) is 4.68. The summed E-state index contributed by atoms with van der Waals surface area (Å²) < 4.78 is 25.7. The van der Waals surface area contributed by atoms with Crippen molar-refractivity contribution in [3.63, 3.8) is 0 Å². The lowest BCUT2D eigenvalue weighted by molar-refractivity contribution is 0.395. The Morgan fingerprint density at radius 3 is 2.33 bits per heavy atom. The van der Waals surface area contributed by atoms with Crippen LogP contribution < -0.4 is 4.90 Å². The summed E-state index contributed by atoms with van der Waals surface area (Å²) in [6.07, 6.45) is 4.29. The van der Waals surface area contributed by atoms with E-state index < -0.39 is 9.84 Å². The van der Waals surface area contributed by atoms with Gasteiger partial charge in [0.25, 0.3) is 0 Å². The molecular weight excluding hydrogens is 358 g/mol. The maximum absolute atomic E-state index is 11.6. The molecule has 5 nitrogen and oxygen atoms in total. The van der Waals surface area contributed by atoms with Crippen LogP contribution in [0.3, 0.4) is 0 Å². The number of hydrogen-bond donors (Lipinski definition) is 0. The number of para-hydroxylation sites is 2. The molecule has 2 aromatic carbocycles. The molecule has 0 radical (unpaired) electrons. The fourth-order valence-electron chi connectivity index (χ4n) is 4.04. The van der Waals surface area contributed by atoms with Gasteiger partial charge in [-0.2, -0.15) is 0 Å². The molecule has 0 spiro atoms. The predicted octanol–water partition coefficient (Wildman–Crippen LogP) is 3.84. The molecule has 0 unspecified atom stereocenters. The van der Waals surface area contributed by atoms with Crippen molar-refractivity contribution in [2.75, 3.05) is 24.2 Å². The number of sulfone groups is 1. The zero-order valence-corrected chi connectivity index (χ0v) is 16.6. The van der Waals surface area contributed by atoms with Gasteiger partial charge in [0.1, 0.15) is 5.82 Å². The largest absolute Gasteiger partial charge is 0.371 e. The van der Waals surface area contributed by atoms with E-state index in [2.05, 4.69) is 34.6 Å². The highest BCUT2D eigenvalue weighted by atomic mass is 32.2. The van der Waals surface area contributed by atoms with Gasteiger partial charge in [-0.1, -0.05) is 19.1 Å². The lowest BCUT2D eigenvalue weighted by Crippen LogP contribution is -2.35. The fourth-order valence-corrected chi connectivity index (χ4v) is 4.67. The Labute approximate surface area is 160 Å². The number of rotatable bonds is 4. The van der Waals surface area contributed by atoms with E-state index in [4.69, 9.17) is 4.98 Å². The summed E-state index contributed by atoms with van der Waals surface area (Å²) in [6, 6.07) is 16.1. The summed E-state index contributed by atoms with van der Waals surface area (Å²) in [7, 11) is -3.15. The Morgan fingerprint density at radius 1 is 1.04 bits per heavy atom.